The lowest BCUT2D eigenvalue weighted by Gasteiger charge is -2.26. The molecule has 2 aliphatic heterocycles. The van der Waals surface area contributed by atoms with Crippen molar-refractivity contribution in [2.75, 3.05) is 38.2 Å². The second kappa shape index (κ2) is 11.3. The molecule has 0 saturated carbocycles. The molecule has 4 rings (SSSR count). The van der Waals surface area contributed by atoms with E-state index in [0.717, 1.165) is 6.42 Å². The number of amides is 2. The third kappa shape index (κ3) is 6.10. The van der Waals surface area contributed by atoms with Crippen LogP contribution < -0.4 is 5.32 Å². The van der Waals surface area contributed by atoms with Crippen molar-refractivity contribution in [2.45, 2.75) is 29.9 Å². The number of hydrogen-bond donors (Lipinski definition) is 1. The van der Waals surface area contributed by atoms with Gasteiger partial charge in [-0.3, -0.25) is 14.5 Å². The minimum absolute atomic E-state index is 0.0361. The van der Waals surface area contributed by atoms with Crippen LogP contribution in [0, 0.1) is 0 Å². The lowest BCUT2D eigenvalue weighted by Crippen LogP contribution is -2.40. The molecule has 0 spiro atoms. The van der Waals surface area contributed by atoms with Gasteiger partial charge in [-0.1, -0.05) is 36.9 Å². The number of thioether (sulfide) groups is 1. The maximum absolute atomic E-state index is 13.0. The first-order valence-electron chi connectivity index (χ1n) is 11.5. The Balaban J connectivity index is 1.47. The van der Waals surface area contributed by atoms with E-state index in [0.29, 0.717) is 49.4 Å². The van der Waals surface area contributed by atoms with E-state index in [2.05, 4.69) is 10.3 Å². The second-order valence-corrected chi connectivity index (χ2v) is 11.2. The van der Waals surface area contributed by atoms with Crippen LogP contribution in [-0.4, -0.2) is 72.7 Å². The van der Waals surface area contributed by atoms with Gasteiger partial charge in [-0.2, -0.15) is 4.31 Å². The first kappa shape index (κ1) is 25.4. The summed E-state index contributed by atoms with van der Waals surface area (Å²) in [5.41, 5.74) is 1.22. The fourth-order valence-corrected chi connectivity index (χ4v) is 6.39. The predicted octanol–water partition coefficient (Wildman–Crippen LogP) is 3.08. The molecule has 1 atom stereocenters. The van der Waals surface area contributed by atoms with E-state index in [9.17, 15) is 18.0 Å². The van der Waals surface area contributed by atoms with Crippen LogP contribution in [0.1, 0.15) is 19.8 Å². The van der Waals surface area contributed by atoms with E-state index >= 15 is 0 Å². The molecule has 9 nitrogen and oxygen atoms in total. The first-order valence-corrected chi connectivity index (χ1v) is 13.8. The number of carbonyl (C=O) groups excluding carboxylic acids is 2. The van der Waals surface area contributed by atoms with Crippen molar-refractivity contribution in [3.05, 3.63) is 54.6 Å². The summed E-state index contributed by atoms with van der Waals surface area (Å²) in [7, 11) is -3.59. The molecule has 2 saturated heterocycles. The highest BCUT2D eigenvalue weighted by atomic mass is 32.2. The Morgan fingerprint density at radius 1 is 1.11 bits per heavy atom. The van der Waals surface area contributed by atoms with Crippen LogP contribution in [0.15, 0.2) is 64.5 Å². The largest absolute Gasteiger partial charge is 0.379 e. The minimum Gasteiger partial charge on any atom is -0.379 e. The fraction of sp³-hybridized carbons (Fsp3) is 0.375. The number of amidine groups is 1. The highest BCUT2D eigenvalue weighted by Crippen LogP contribution is 2.32. The molecule has 2 aliphatic rings. The number of nitrogens with one attached hydrogen (secondary N) is 1. The fourth-order valence-electron chi connectivity index (χ4n) is 3.80. The van der Waals surface area contributed by atoms with E-state index in [-0.39, 0.29) is 23.1 Å². The summed E-state index contributed by atoms with van der Waals surface area (Å²) in [5, 5.41) is 2.76. The van der Waals surface area contributed by atoms with Crippen LogP contribution in [-0.2, 0) is 24.3 Å². The van der Waals surface area contributed by atoms with E-state index in [1.54, 1.807) is 29.2 Å². The lowest BCUT2D eigenvalue weighted by atomic mass is 10.2. The monoisotopic (exact) mass is 516 g/mol. The van der Waals surface area contributed by atoms with E-state index in [4.69, 9.17) is 4.74 Å². The Bertz CT molecular complexity index is 1180. The smallest absolute Gasteiger partial charge is 0.243 e. The average Bonchev–Trinajstić information content (AvgIpc) is 3.14. The first-order chi connectivity index (χ1) is 16.9. The van der Waals surface area contributed by atoms with Gasteiger partial charge in [0, 0.05) is 31.7 Å². The van der Waals surface area contributed by atoms with Crippen LogP contribution in [0.25, 0.3) is 0 Å². The zero-order valence-electron chi connectivity index (χ0n) is 19.4. The minimum atomic E-state index is -3.59. The van der Waals surface area contributed by atoms with E-state index in [1.807, 2.05) is 25.1 Å². The summed E-state index contributed by atoms with van der Waals surface area (Å²) in [5.74, 6) is -0.386. The van der Waals surface area contributed by atoms with Gasteiger partial charge in [0.05, 0.1) is 23.8 Å². The number of aliphatic imine (C=N–C) groups is 1. The lowest BCUT2D eigenvalue weighted by molar-refractivity contribution is -0.128. The van der Waals surface area contributed by atoms with Crippen molar-refractivity contribution < 1.29 is 22.7 Å². The van der Waals surface area contributed by atoms with Gasteiger partial charge in [-0.15, -0.1) is 0 Å². The molecule has 2 amide bonds. The summed E-state index contributed by atoms with van der Waals surface area (Å²) in [4.78, 5) is 31.9. The third-order valence-corrected chi connectivity index (χ3v) is 8.65. The van der Waals surface area contributed by atoms with Crippen LogP contribution in [0.3, 0.4) is 0 Å². The highest BCUT2D eigenvalue weighted by molar-refractivity contribution is 8.15. The molecular weight excluding hydrogens is 488 g/mol. The van der Waals surface area contributed by atoms with Crippen molar-refractivity contribution in [3.63, 3.8) is 0 Å². The Kier molecular flexibility index (Phi) is 8.22. The third-order valence-electron chi connectivity index (χ3n) is 5.56. The molecule has 2 aromatic rings. The molecular formula is C24H28N4O5S2. The molecule has 2 fully saturated rings. The van der Waals surface area contributed by atoms with E-state index in [1.165, 1.54) is 28.2 Å². The van der Waals surface area contributed by atoms with Gasteiger partial charge < -0.3 is 10.1 Å². The Hall–Kier alpha value is -2.73. The Labute approximate surface area is 209 Å². The molecule has 1 N–H and O–H groups in total. The predicted molar refractivity (Wildman–Crippen MR) is 136 cm³/mol. The van der Waals surface area contributed by atoms with Gasteiger partial charge in [-0.25, -0.2) is 13.4 Å². The number of ether oxygens (including phenoxy) is 1. The number of hydrogen-bond acceptors (Lipinski definition) is 7. The topological polar surface area (TPSA) is 108 Å². The second-order valence-electron chi connectivity index (χ2n) is 8.12. The number of morpholine rings is 1. The molecule has 0 aliphatic carbocycles. The number of carbonyl (C=O) groups is 2. The average molecular weight is 517 g/mol. The maximum atomic E-state index is 13.0. The Morgan fingerprint density at radius 3 is 2.46 bits per heavy atom. The number of benzene rings is 2. The van der Waals surface area contributed by atoms with Crippen molar-refractivity contribution in [1.29, 1.82) is 0 Å². The quantitative estimate of drug-likeness (QED) is 0.578. The molecule has 35 heavy (non-hydrogen) atoms. The van der Waals surface area contributed by atoms with Crippen LogP contribution in [0.4, 0.5) is 11.4 Å². The van der Waals surface area contributed by atoms with Crippen molar-refractivity contribution >= 4 is 50.1 Å². The summed E-state index contributed by atoms with van der Waals surface area (Å²) >= 11 is 1.26. The van der Waals surface area contributed by atoms with Gasteiger partial charge in [0.1, 0.15) is 5.25 Å². The molecule has 0 unspecified atom stereocenters. The van der Waals surface area contributed by atoms with Gasteiger partial charge in [-0.05, 0) is 42.8 Å². The van der Waals surface area contributed by atoms with Gasteiger partial charge in [0.2, 0.25) is 21.8 Å². The molecule has 0 radical (unpaired) electrons. The number of para-hydroxylation sites is 1. The molecule has 0 bridgehead atoms. The highest BCUT2D eigenvalue weighted by Gasteiger charge is 2.38. The van der Waals surface area contributed by atoms with Gasteiger partial charge in [0.25, 0.3) is 0 Å². The van der Waals surface area contributed by atoms with E-state index < -0.39 is 15.3 Å². The number of anilines is 1. The summed E-state index contributed by atoms with van der Waals surface area (Å²) in [6.45, 7) is 3.88. The number of sulfonamides is 1. The zero-order chi connectivity index (χ0) is 24.8. The molecule has 2 heterocycles. The Morgan fingerprint density at radius 2 is 1.80 bits per heavy atom. The van der Waals surface area contributed by atoms with Crippen molar-refractivity contribution in [2.24, 2.45) is 4.99 Å². The molecule has 2 aromatic carbocycles. The summed E-state index contributed by atoms with van der Waals surface area (Å²) in [6.07, 6.45) is 0.777. The van der Waals surface area contributed by atoms with Crippen LogP contribution in [0.5, 0.6) is 0 Å². The number of rotatable bonds is 8. The van der Waals surface area contributed by atoms with Gasteiger partial charge >= 0.3 is 0 Å². The normalized spacial score (nSPS) is 20.4. The molecule has 186 valence electrons. The molecule has 0 aromatic heterocycles. The SMILES string of the molecule is CCCN1C(=O)[C@@H](CC(=O)Nc2ccccc2)SC1=Nc1ccc(S(=O)(=O)N2CCOCC2)cc1. The standard InChI is InChI=1S/C24H28N4O5S2/c1-2-12-28-23(30)21(17-22(29)25-18-6-4-3-5-7-18)34-24(28)26-19-8-10-20(11-9-19)35(31,32)27-13-15-33-16-14-27/h3-11,21H,2,12-17H2,1H3,(H,25,29)/t21-/m1/s1. The van der Waals surface area contributed by atoms with Crippen LogP contribution in [0.2, 0.25) is 0 Å². The maximum Gasteiger partial charge on any atom is 0.243 e. The zero-order valence-corrected chi connectivity index (χ0v) is 21.1. The summed E-state index contributed by atoms with van der Waals surface area (Å²) in [6, 6.07) is 15.4. The van der Waals surface area contributed by atoms with Gasteiger partial charge in [0.15, 0.2) is 5.17 Å². The molecule has 11 heteroatoms. The van der Waals surface area contributed by atoms with Crippen molar-refractivity contribution in [3.8, 4) is 0 Å². The summed E-state index contributed by atoms with van der Waals surface area (Å²) < 4.78 is 32.3. The van der Waals surface area contributed by atoms with Crippen molar-refractivity contribution in [1.82, 2.24) is 9.21 Å². The number of nitrogens with zero attached hydrogens (tertiary/aromatic N) is 3. The van der Waals surface area contributed by atoms with Crippen LogP contribution >= 0.6 is 11.8 Å².